The van der Waals surface area contributed by atoms with Crippen LogP contribution in [0.3, 0.4) is 0 Å². The molecule has 90 valence electrons. The van der Waals surface area contributed by atoms with Crippen LogP contribution in [0.2, 0.25) is 0 Å². The molecule has 0 saturated heterocycles. The summed E-state index contributed by atoms with van der Waals surface area (Å²) >= 11 is 2.43. The van der Waals surface area contributed by atoms with Crippen molar-refractivity contribution < 1.29 is 0 Å². The average molecular weight is 338 g/mol. The molecule has 1 aromatic carbocycles. The highest BCUT2D eigenvalue weighted by molar-refractivity contribution is 14.1. The van der Waals surface area contributed by atoms with Gasteiger partial charge in [-0.25, -0.2) is 0 Å². The predicted molar refractivity (Wildman–Crippen MR) is 81.4 cm³/mol. The molecule has 2 unspecified atom stereocenters. The van der Waals surface area contributed by atoms with E-state index in [1.165, 1.54) is 16.4 Å². The molecule has 0 amide bonds. The fourth-order valence-corrected chi connectivity index (χ4v) is 4.27. The highest BCUT2D eigenvalue weighted by Gasteiger charge is 2.46. The Kier molecular flexibility index (Phi) is 2.66. The third-order valence-electron chi connectivity index (χ3n) is 4.78. The zero-order chi connectivity index (χ0) is 12.2. The summed E-state index contributed by atoms with van der Waals surface area (Å²) in [6.07, 6.45) is 4.97. The lowest BCUT2D eigenvalue weighted by molar-refractivity contribution is 0.290. The van der Waals surface area contributed by atoms with Crippen LogP contribution in [0.1, 0.15) is 50.7 Å². The Hall–Kier alpha value is -0.310. The van der Waals surface area contributed by atoms with Crippen molar-refractivity contribution in [2.24, 2.45) is 5.92 Å². The van der Waals surface area contributed by atoms with Crippen LogP contribution in [-0.2, 0) is 5.41 Å². The zero-order valence-corrected chi connectivity index (χ0v) is 12.9. The number of hydrogen-bond donors (Lipinski definition) is 0. The molecule has 0 bridgehead atoms. The Morgan fingerprint density at radius 3 is 2.82 bits per heavy atom. The van der Waals surface area contributed by atoms with Gasteiger partial charge in [0.1, 0.15) is 0 Å². The van der Waals surface area contributed by atoms with Crippen LogP contribution < -0.4 is 0 Å². The maximum absolute atomic E-state index is 2.45. The maximum Gasteiger partial charge on any atom is 0.0133 e. The molecule has 1 heteroatoms. The first-order valence-corrected chi connectivity index (χ1v) is 7.53. The van der Waals surface area contributed by atoms with E-state index in [9.17, 15) is 0 Å². The van der Waals surface area contributed by atoms with Crippen LogP contribution in [0.4, 0.5) is 0 Å². The van der Waals surface area contributed by atoms with E-state index in [1.54, 1.807) is 16.7 Å². The van der Waals surface area contributed by atoms with E-state index >= 15 is 0 Å². The summed E-state index contributed by atoms with van der Waals surface area (Å²) in [7, 11) is 0. The van der Waals surface area contributed by atoms with Crippen molar-refractivity contribution in [3.05, 3.63) is 44.5 Å². The Labute approximate surface area is 118 Å². The molecular weight excluding hydrogens is 319 g/mol. The van der Waals surface area contributed by atoms with Gasteiger partial charge in [0.15, 0.2) is 0 Å². The van der Waals surface area contributed by atoms with E-state index < -0.39 is 0 Å². The van der Waals surface area contributed by atoms with Gasteiger partial charge in [-0.3, -0.25) is 0 Å². The van der Waals surface area contributed by atoms with Crippen molar-refractivity contribution >= 4 is 22.6 Å². The van der Waals surface area contributed by atoms with E-state index in [1.807, 2.05) is 0 Å². The van der Waals surface area contributed by atoms with Crippen LogP contribution in [0.5, 0.6) is 0 Å². The lowest BCUT2D eigenvalue weighted by atomic mass is 9.70. The SMILES string of the molecule is CC1=CCC2c3ccc(I)cc3C(C)(C)C2C1. The molecule has 0 heterocycles. The van der Waals surface area contributed by atoms with Gasteiger partial charge in [-0.15, -0.1) is 0 Å². The van der Waals surface area contributed by atoms with E-state index in [0.29, 0.717) is 5.41 Å². The highest BCUT2D eigenvalue weighted by atomic mass is 127. The molecule has 17 heavy (non-hydrogen) atoms. The van der Waals surface area contributed by atoms with Gasteiger partial charge in [0.05, 0.1) is 0 Å². The summed E-state index contributed by atoms with van der Waals surface area (Å²) < 4.78 is 1.37. The van der Waals surface area contributed by atoms with Gasteiger partial charge in [-0.05, 0) is 82.9 Å². The Bertz CT molecular complexity index is 496. The molecule has 2 aliphatic carbocycles. The van der Waals surface area contributed by atoms with Gasteiger partial charge in [0.25, 0.3) is 0 Å². The lowest BCUT2D eigenvalue weighted by Crippen LogP contribution is -2.27. The van der Waals surface area contributed by atoms with E-state index in [4.69, 9.17) is 0 Å². The molecule has 0 saturated carbocycles. The maximum atomic E-state index is 2.45. The molecule has 2 aliphatic rings. The van der Waals surface area contributed by atoms with Crippen molar-refractivity contribution in [3.63, 3.8) is 0 Å². The molecule has 0 fully saturated rings. The van der Waals surface area contributed by atoms with Gasteiger partial charge in [-0.2, -0.15) is 0 Å². The largest absolute Gasteiger partial charge is 0.0850 e. The van der Waals surface area contributed by atoms with E-state index in [-0.39, 0.29) is 0 Å². The predicted octanol–water partition coefficient (Wildman–Crippen LogP) is 5.02. The van der Waals surface area contributed by atoms with Crippen molar-refractivity contribution in [2.75, 3.05) is 0 Å². The summed E-state index contributed by atoms with van der Waals surface area (Å²) in [4.78, 5) is 0. The summed E-state index contributed by atoms with van der Waals surface area (Å²) in [6, 6.07) is 7.05. The number of benzene rings is 1. The van der Waals surface area contributed by atoms with Gasteiger partial charge < -0.3 is 0 Å². The Balaban J connectivity index is 2.14. The number of hydrogen-bond acceptors (Lipinski definition) is 0. The standard InChI is InChI=1S/C16H19I/c1-10-4-6-12-13-7-5-11(17)9-15(13)16(2,3)14(12)8-10/h4-5,7,9,12,14H,6,8H2,1-3H3. The van der Waals surface area contributed by atoms with Crippen molar-refractivity contribution in [1.29, 1.82) is 0 Å². The van der Waals surface area contributed by atoms with Gasteiger partial charge >= 0.3 is 0 Å². The molecule has 0 radical (unpaired) electrons. The molecule has 0 aliphatic heterocycles. The Morgan fingerprint density at radius 1 is 1.29 bits per heavy atom. The number of rotatable bonds is 0. The quantitative estimate of drug-likeness (QED) is 0.460. The lowest BCUT2D eigenvalue weighted by Gasteiger charge is -2.34. The molecule has 3 rings (SSSR count). The van der Waals surface area contributed by atoms with Gasteiger partial charge in [0.2, 0.25) is 0 Å². The number of allylic oxidation sites excluding steroid dienone is 2. The summed E-state index contributed by atoms with van der Waals surface area (Å²) in [5.74, 6) is 1.57. The second-order valence-corrected chi connectivity index (χ2v) is 7.40. The first-order chi connectivity index (χ1) is 8.00. The van der Waals surface area contributed by atoms with Crippen LogP contribution >= 0.6 is 22.6 Å². The van der Waals surface area contributed by atoms with Crippen molar-refractivity contribution in [3.8, 4) is 0 Å². The molecule has 0 aromatic heterocycles. The Morgan fingerprint density at radius 2 is 2.06 bits per heavy atom. The van der Waals surface area contributed by atoms with Crippen LogP contribution in [0.25, 0.3) is 0 Å². The van der Waals surface area contributed by atoms with Crippen molar-refractivity contribution in [2.45, 2.75) is 44.9 Å². The van der Waals surface area contributed by atoms with E-state index in [2.05, 4.69) is 67.6 Å². The zero-order valence-electron chi connectivity index (χ0n) is 10.8. The van der Waals surface area contributed by atoms with Gasteiger partial charge in [-0.1, -0.05) is 31.6 Å². The van der Waals surface area contributed by atoms with Crippen LogP contribution in [0, 0.1) is 9.49 Å². The third kappa shape index (κ3) is 1.69. The first kappa shape index (κ1) is 11.8. The summed E-state index contributed by atoms with van der Waals surface area (Å²) in [6.45, 7) is 7.16. The van der Waals surface area contributed by atoms with Crippen LogP contribution in [-0.4, -0.2) is 0 Å². The summed E-state index contributed by atoms with van der Waals surface area (Å²) in [5.41, 5.74) is 5.14. The number of fused-ring (bicyclic) bond motifs is 3. The third-order valence-corrected chi connectivity index (χ3v) is 5.45. The second kappa shape index (κ2) is 3.84. The topological polar surface area (TPSA) is 0 Å². The summed E-state index contributed by atoms with van der Waals surface area (Å²) in [5, 5.41) is 0. The molecular formula is C16H19I. The minimum absolute atomic E-state index is 0.344. The van der Waals surface area contributed by atoms with E-state index in [0.717, 1.165) is 11.8 Å². The second-order valence-electron chi connectivity index (χ2n) is 6.16. The van der Waals surface area contributed by atoms with Crippen molar-refractivity contribution in [1.82, 2.24) is 0 Å². The smallest absolute Gasteiger partial charge is 0.0133 e. The fraction of sp³-hybridized carbons (Fsp3) is 0.500. The molecule has 1 aromatic rings. The minimum Gasteiger partial charge on any atom is -0.0850 e. The normalized spacial score (nSPS) is 29.5. The first-order valence-electron chi connectivity index (χ1n) is 6.45. The minimum atomic E-state index is 0.344. The van der Waals surface area contributed by atoms with Gasteiger partial charge in [0, 0.05) is 3.57 Å². The monoisotopic (exact) mass is 338 g/mol. The average Bonchev–Trinajstić information content (AvgIpc) is 2.49. The number of halogens is 1. The molecule has 0 N–H and O–H groups in total. The van der Waals surface area contributed by atoms with Crippen LogP contribution in [0.15, 0.2) is 29.8 Å². The molecule has 2 atom stereocenters. The molecule has 0 spiro atoms. The fourth-order valence-electron chi connectivity index (χ4n) is 3.78. The molecule has 0 nitrogen and oxygen atoms in total. The highest BCUT2D eigenvalue weighted by Crippen LogP contribution is 2.56.